The second-order valence-electron chi connectivity index (χ2n) is 3.79. The minimum absolute atomic E-state index is 1.18. The van der Waals surface area contributed by atoms with Crippen molar-refractivity contribution < 1.29 is 0 Å². The number of H-pyrrole nitrogens is 1. The molecule has 0 unspecified atom stereocenters. The normalized spacial score (nSPS) is 16.6. The average Bonchev–Trinajstić information content (AvgIpc) is 2.88. The Morgan fingerprint density at radius 2 is 2.00 bits per heavy atom. The number of fused-ring (bicyclic) bond motifs is 1. The molecule has 13 heavy (non-hydrogen) atoms. The molecule has 1 nitrogen and oxygen atoms in total. The molecule has 0 atom stereocenters. The zero-order chi connectivity index (χ0) is 8.67. The van der Waals surface area contributed by atoms with Crippen LogP contribution in [0.5, 0.6) is 0 Å². The third-order valence-electron chi connectivity index (χ3n) is 2.72. The third kappa shape index (κ3) is 1.24. The lowest BCUT2D eigenvalue weighted by Crippen LogP contribution is -1.81. The van der Waals surface area contributed by atoms with Gasteiger partial charge in [0, 0.05) is 17.1 Å². The summed E-state index contributed by atoms with van der Waals surface area (Å²) in [7, 11) is 0. The molecule has 0 spiro atoms. The maximum absolute atomic E-state index is 3.31. The smallest absolute Gasteiger partial charge is 0.0456 e. The first-order valence-corrected chi connectivity index (χ1v) is 4.82. The fourth-order valence-electron chi connectivity index (χ4n) is 1.81. The molecular weight excluding hydrogens is 158 g/mol. The van der Waals surface area contributed by atoms with Crippen LogP contribution in [-0.2, 0) is 6.42 Å². The van der Waals surface area contributed by atoms with Crippen LogP contribution in [0.2, 0.25) is 0 Å². The van der Waals surface area contributed by atoms with Gasteiger partial charge in [-0.2, -0.15) is 0 Å². The van der Waals surface area contributed by atoms with Crippen molar-refractivity contribution in [1.82, 2.24) is 4.98 Å². The summed E-state index contributed by atoms with van der Waals surface area (Å²) in [6.07, 6.45) is 6.03. The quantitative estimate of drug-likeness (QED) is 0.713. The Balaban J connectivity index is 2.06. The lowest BCUT2D eigenvalue weighted by Gasteiger charge is -1.94. The molecule has 1 radical (unpaired) electrons. The van der Waals surface area contributed by atoms with Crippen LogP contribution in [0, 0.1) is 5.92 Å². The van der Waals surface area contributed by atoms with Crippen LogP contribution in [0.25, 0.3) is 10.9 Å². The van der Waals surface area contributed by atoms with E-state index in [0.717, 1.165) is 0 Å². The maximum Gasteiger partial charge on any atom is 0.0456 e. The molecule has 1 aromatic heterocycles. The largest absolute Gasteiger partial charge is 0.361 e. The second kappa shape index (κ2) is 2.63. The molecule has 1 heterocycles. The van der Waals surface area contributed by atoms with E-state index in [2.05, 4.69) is 35.4 Å². The van der Waals surface area contributed by atoms with E-state index in [9.17, 15) is 0 Å². The number of aromatic nitrogens is 1. The summed E-state index contributed by atoms with van der Waals surface area (Å²) in [6.45, 7) is 0. The maximum atomic E-state index is 3.31. The van der Waals surface area contributed by atoms with Crippen molar-refractivity contribution in [2.24, 2.45) is 0 Å². The summed E-state index contributed by atoms with van der Waals surface area (Å²) in [4.78, 5) is 3.31. The first kappa shape index (κ1) is 7.19. The van der Waals surface area contributed by atoms with Crippen molar-refractivity contribution in [3.8, 4) is 0 Å². The van der Waals surface area contributed by atoms with Crippen molar-refractivity contribution in [2.45, 2.75) is 19.3 Å². The van der Waals surface area contributed by atoms with E-state index in [1.807, 2.05) is 0 Å². The van der Waals surface area contributed by atoms with Crippen LogP contribution in [-0.4, -0.2) is 4.98 Å². The van der Waals surface area contributed by atoms with Crippen LogP contribution >= 0.6 is 0 Å². The van der Waals surface area contributed by atoms with Gasteiger partial charge in [-0.3, -0.25) is 0 Å². The molecule has 3 rings (SSSR count). The molecule has 1 fully saturated rings. The molecule has 0 bridgehead atoms. The first-order chi connectivity index (χ1) is 6.43. The van der Waals surface area contributed by atoms with Gasteiger partial charge in [0.15, 0.2) is 0 Å². The zero-order valence-corrected chi connectivity index (χ0v) is 7.51. The number of hydrogen-bond donors (Lipinski definition) is 1. The van der Waals surface area contributed by atoms with E-state index in [1.165, 1.54) is 35.7 Å². The zero-order valence-electron chi connectivity index (χ0n) is 7.51. The summed E-state index contributed by atoms with van der Waals surface area (Å²) in [6, 6.07) is 8.52. The molecule has 0 amide bonds. The standard InChI is InChI=1S/C12H12N/c1-2-4-12-11(3-1)10(8-13-12)7-9-5-6-9/h1-4,8,13H,5-7H2. The number of para-hydroxylation sites is 1. The number of hydrogen-bond acceptors (Lipinski definition) is 0. The van der Waals surface area contributed by atoms with Crippen molar-refractivity contribution in [2.75, 3.05) is 0 Å². The van der Waals surface area contributed by atoms with E-state index in [-0.39, 0.29) is 0 Å². The van der Waals surface area contributed by atoms with E-state index in [4.69, 9.17) is 0 Å². The van der Waals surface area contributed by atoms with Crippen LogP contribution in [0.1, 0.15) is 18.4 Å². The predicted molar refractivity (Wildman–Crippen MR) is 54.5 cm³/mol. The summed E-state index contributed by atoms with van der Waals surface area (Å²) in [5, 5.41) is 1.39. The van der Waals surface area contributed by atoms with E-state index in [0.29, 0.717) is 0 Å². The number of benzene rings is 1. The lowest BCUT2D eigenvalue weighted by atomic mass is 10.1. The molecular formula is C12H12N. The van der Waals surface area contributed by atoms with Gasteiger partial charge in [-0.15, -0.1) is 0 Å². The van der Waals surface area contributed by atoms with Gasteiger partial charge in [-0.05, 0) is 36.8 Å². The minimum Gasteiger partial charge on any atom is -0.361 e. The number of rotatable bonds is 2. The van der Waals surface area contributed by atoms with E-state index in [1.54, 1.807) is 5.92 Å². The lowest BCUT2D eigenvalue weighted by molar-refractivity contribution is 1.13. The Bertz CT molecular complexity index is 423. The monoisotopic (exact) mass is 170 g/mol. The Hall–Kier alpha value is -1.24. The van der Waals surface area contributed by atoms with Gasteiger partial charge >= 0.3 is 0 Å². The average molecular weight is 170 g/mol. The molecule has 1 heteroatoms. The highest BCUT2D eigenvalue weighted by Gasteiger charge is 2.23. The second-order valence-corrected chi connectivity index (χ2v) is 3.79. The minimum atomic E-state index is 1.18. The van der Waals surface area contributed by atoms with Gasteiger partial charge in [0.05, 0.1) is 0 Å². The highest BCUT2D eigenvalue weighted by molar-refractivity contribution is 5.83. The molecule has 1 aromatic carbocycles. The number of aromatic amines is 1. The highest BCUT2D eigenvalue weighted by atomic mass is 14.7. The molecule has 0 aliphatic heterocycles. The van der Waals surface area contributed by atoms with E-state index < -0.39 is 0 Å². The molecule has 2 aromatic rings. The van der Waals surface area contributed by atoms with Crippen molar-refractivity contribution in [3.05, 3.63) is 41.9 Å². The first-order valence-electron chi connectivity index (χ1n) is 4.82. The van der Waals surface area contributed by atoms with Crippen LogP contribution in [0.4, 0.5) is 0 Å². The van der Waals surface area contributed by atoms with Gasteiger partial charge in [0.25, 0.3) is 0 Å². The Morgan fingerprint density at radius 1 is 1.15 bits per heavy atom. The Morgan fingerprint density at radius 3 is 2.85 bits per heavy atom. The summed E-state index contributed by atoms with van der Waals surface area (Å²) < 4.78 is 0. The molecule has 1 aliphatic rings. The fraction of sp³-hybridized carbons (Fsp3) is 0.250. The van der Waals surface area contributed by atoms with Gasteiger partial charge in [0.2, 0.25) is 0 Å². The summed E-state index contributed by atoms with van der Waals surface area (Å²) >= 11 is 0. The number of nitrogens with one attached hydrogen (secondary N) is 1. The fourth-order valence-corrected chi connectivity index (χ4v) is 1.81. The Labute approximate surface area is 77.8 Å². The highest BCUT2D eigenvalue weighted by Crippen LogP contribution is 2.36. The molecule has 1 N–H and O–H groups in total. The SMILES string of the molecule is c1ccc2c(C[C]3CC3)c[nH]c2c1. The molecule has 1 saturated carbocycles. The van der Waals surface area contributed by atoms with Crippen LogP contribution in [0.3, 0.4) is 0 Å². The van der Waals surface area contributed by atoms with Crippen LogP contribution in [0.15, 0.2) is 30.5 Å². The van der Waals surface area contributed by atoms with Gasteiger partial charge in [0.1, 0.15) is 0 Å². The molecule has 1 aliphatic carbocycles. The van der Waals surface area contributed by atoms with Crippen molar-refractivity contribution >= 4 is 10.9 Å². The topological polar surface area (TPSA) is 15.8 Å². The Kier molecular flexibility index (Phi) is 1.45. The van der Waals surface area contributed by atoms with Gasteiger partial charge in [-0.1, -0.05) is 18.2 Å². The molecule has 65 valence electrons. The van der Waals surface area contributed by atoms with Crippen molar-refractivity contribution in [1.29, 1.82) is 0 Å². The van der Waals surface area contributed by atoms with E-state index >= 15 is 0 Å². The summed E-state index contributed by atoms with van der Waals surface area (Å²) in [5.41, 5.74) is 2.72. The predicted octanol–water partition coefficient (Wildman–Crippen LogP) is 3.08. The van der Waals surface area contributed by atoms with Crippen molar-refractivity contribution in [3.63, 3.8) is 0 Å². The molecule has 0 saturated heterocycles. The van der Waals surface area contributed by atoms with Crippen LogP contribution < -0.4 is 0 Å². The van der Waals surface area contributed by atoms with Gasteiger partial charge in [-0.25, -0.2) is 0 Å². The van der Waals surface area contributed by atoms with Gasteiger partial charge < -0.3 is 4.98 Å². The summed E-state index contributed by atoms with van der Waals surface area (Å²) in [5.74, 6) is 1.70. The third-order valence-corrected chi connectivity index (χ3v) is 2.72.